The largest absolute Gasteiger partial charge is 0.350 e. The number of nitrogens with one attached hydrogen (secondary N) is 1. The van der Waals surface area contributed by atoms with E-state index in [1.165, 1.54) is 0 Å². The number of carbonyl (C=O) groups excluding carboxylic acids is 1. The number of halogens is 1. The summed E-state index contributed by atoms with van der Waals surface area (Å²) < 4.78 is 0. The van der Waals surface area contributed by atoms with E-state index in [0.717, 1.165) is 17.9 Å². The Morgan fingerprint density at radius 2 is 2.29 bits per heavy atom. The predicted octanol–water partition coefficient (Wildman–Crippen LogP) is 2.42. The van der Waals surface area contributed by atoms with Crippen molar-refractivity contribution in [2.75, 3.05) is 11.5 Å². The average molecular weight is 280 g/mol. The lowest BCUT2D eigenvalue weighted by atomic mass is 9.99. The average Bonchev–Trinajstić information content (AvgIpc) is 2.54. The Bertz CT molecular complexity index is 212. The fourth-order valence-electron chi connectivity index (χ4n) is 1.26. The van der Waals surface area contributed by atoms with Gasteiger partial charge < -0.3 is 5.32 Å². The number of hydrogen-bond donors (Lipinski definition) is 1. The van der Waals surface area contributed by atoms with Crippen molar-refractivity contribution in [3.8, 4) is 0 Å². The first-order valence-corrected chi connectivity index (χ1v) is 7.04. The van der Waals surface area contributed by atoms with Gasteiger partial charge in [0.15, 0.2) is 0 Å². The highest BCUT2D eigenvalue weighted by Gasteiger charge is 2.30. The summed E-state index contributed by atoms with van der Waals surface area (Å²) in [6.45, 7) is 6.16. The van der Waals surface area contributed by atoms with Gasteiger partial charge in [-0.3, -0.25) is 4.79 Å². The van der Waals surface area contributed by atoms with Gasteiger partial charge in [-0.25, -0.2) is 0 Å². The van der Waals surface area contributed by atoms with Crippen LogP contribution in [0, 0.1) is 5.92 Å². The number of carbonyl (C=O) groups is 1. The monoisotopic (exact) mass is 279 g/mol. The minimum atomic E-state index is -0.162. The van der Waals surface area contributed by atoms with Gasteiger partial charge in [-0.15, -0.1) is 0 Å². The third-order valence-electron chi connectivity index (χ3n) is 2.74. The minimum absolute atomic E-state index is 0.162. The van der Waals surface area contributed by atoms with E-state index in [-0.39, 0.29) is 22.2 Å². The van der Waals surface area contributed by atoms with Crippen LogP contribution in [0.2, 0.25) is 0 Å². The molecule has 0 radical (unpaired) electrons. The number of thioether (sulfide) groups is 1. The highest BCUT2D eigenvalue weighted by Crippen LogP contribution is 2.25. The van der Waals surface area contributed by atoms with Gasteiger partial charge in [-0.1, -0.05) is 22.9 Å². The Morgan fingerprint density at radius 1 is 1.64 bits per heavy atom. The van der Waals surface area contributed by atoms with Crippen LogP contribution in [0.4, 0.5) is 0 Å². The second-order valence-electron chi connectivity index (χ2n) is 4.39. The van der Waals surface area contributed by atoms with Crippen LogP contribution in [0.1, 0.15) is 27.2 Å². The second kappa shape index (κ2) is 4.88. The fourth-order valence-corrected chi connectivity index (χ4v) is 2.60. The number of rotatable bonds is 3. The summed E-state index contributed by atoms with van der Waals surface area (Å²) >= 11 is 5.39. The Kier molecular flexibility index (Phi) is 4.31. The van der Waals surface area contributed by atoms with Crippen LogP contribution < -0.4 is 5.32 Å². The zero-order chi connectivity index (χ0) is 10.8. The van der Waals surface area contributed by atoms with Crippen LogP contribution in [0.5, 0.6) is 0 Å². The Hall–Kier alpha value is 0.300. The van der Waals surface area contributed by atoms with Gasteiger partial charge in [0.25, 0.3) is 0 Å². The normalized spacial score (nSPS) is 24.7. The fraction of sp³-hybridized carbons (Fsp3) is 0.900. The van der Waals surface area contributed by atoms with E-state index >= 15 is 0 Å². The molecule has 2 unspecified atom stereocenters. The molecule has 0 saturated carbocycles. The van der Waals surface area contributed by atoms with E-state index in [1.54, 1.807) is 0 Å². The molecule has 0 aliphatic carbocycles. The summed E-state index contributed by atoms with van der Waals surface area (Å²) in [5.41, 5.74) is -0.162. The lowest BCUT2D eigenvalue weighted by Gasteiger charge is -2.30. The van der Waals surface area contributed by atoms with Crippen molar-refractivity contribution in [2.45, 2.75) is 37.6 Å². The highest BCUT2D eigenvalue weighted by molar-refractivity contribution is 9.09. The molecule has 1 amide bonds. The van der Waals surface area contributed by atoms with Crippen LogP contribution in [0.25, 0.3) is 0 Å². The van der Waals surface area contributed by atoms with E-state index in [0.29, 0.717) is 0 Å². The molecule has 0 spiro atoms. The van der Waals surface area contributed by atoms with Crippen molar-refractivity contribution >= 4 is 33.6 Å². The molecule has 4 heteroatoms. The van der Waals surface area contributed by atoms with Crippen molar-refractivity contribution in [3.05, 3.63) is 0 Å². The van der Waals surface area contributed by atoms with Crippen LogP contribution in [0.15, 0.2) is 0 Å². The number of alkyl halides is 1. The molecule has 1 saturated heterocycles. The first-order chi connectivity index (χ1) is 6.43. The SMILES string of the molecule is CC(Br)C(C)(C)NC(=O)C1CCSC1. The molecule has 0 aromatic carbocycles. The van der Waals surface area contributed by atoms with Crippen molar-refractivity contribution in [2.24, 2.45) is 5.92 Å². The van der Waals surface area contributed by atoms with Crippen molar-refractivity contribution in [1.82, 2.24) is 5.32 Å². The van der Waals surface area contributed by atoms with E-state index in [4.69, 9.17) is 0 Å². The zero-order valence-electron chi connectivity index (χ0n) is 8.97. The van der Waals surface area contributed by atoms with Gasteiger partial charge in [0.2, 0.25) is 5.91 Å². The highest BCUT2D eigenvalue weighted by atomic mass is 79.9. The van der Waals surface area contributed by atoms with E-state index in [9.17, 15) is 4.79 Å². The van der Waals surface area contributed by atoms with Gasteiger partial charge in [-0.2, -0.15) is 11.8 Å². The Labute approximate surface area is 98.7 Å². The summed E-state index contributed by atoms with van der Waals surface area (Å²) in [5.74, 6) is 2.55. The molecule has 2 nitrogen and oxygen atoms in total. The van der Waals surface area contributed by atoms with Gasteiger partial charge >= 0.3 is 0 Å². The van der Waals surface area contributed by atoms with Gasteiger partial charge in [0.05, 0.1) is 0 Å². The Balaban J connectivity index is 2.46. The van der Waals surface area contributed by atoms with Gasteiger partial charge in [-0.05, 0) is 26.0 Å². The summed E-state index contributed by atoms with van der Waals surface area (Å²) in [4.78, 5) is 12.1. The maximum Gasteiger partial charge on any atom is 0.224 e. The first kappa shape index (κ1) is 12.4. The van der Waals surface area contributed by atoms with Gasteiger partial charge in [0, 0.05) is 22.0 Å². The molecule has 1 N–H and O–H groups in total. The summed E-state index contributed by atoms with van der Waals surface area (Å²) in [6.07, 6.45) is 1.03. The molecule has 0 aromatic rings. The predicted molar refractivity (Wildman–Crippen MR) is 66.0 cm³/mol. The number of hydrogen-bond acceptors (Lipinski definition) is 2. The molecule has 82 valence electrons. The second-order valence-corrected chi connectivity index (χ2v) is 6.91. The summed E-state index contributed by atoms with van der Waals surface area (Å²) in [5, 5.41) is 3.10. The molecule has 2 atom stereocenters. The summed E-state index contributed by atoms with van der Waals surface area (Å²) in [7, 11) is 0. The molecule has 0 aromatic heterocycles. The lowest BCUT2D eigenvalue weighted by molar-refractivity contribution is -0.125. The standard InChI is InChI=1S/C10H18BrNOS/c1-7(11)10(2,3)12-9(13)8-4-5-14-6-8/h7-8H,4-6H2,1-3H3,(H,12,13). The molecular formula is C10H18BrNOS. The quantitative estimate of drug-likeness (QED) is 0.804. The topological polar surface area (TPSA) is 29.1 Å². The molecule has 1 aliphatic heterocycles. The third kappa shape index (κ3) is 3.16. The van der Waals surface area contributed by atoms with Crippen LogP contribution in [0.3, 0.4) is 0 Å². The number of amides is 1. The smallest absolute Gasteiger partial charge is 0.224 e. The maximum atomic E-state index is 11.8. The van der Waals surface area contributed by atoms with Crippen LogP contribution in [-0.4, -0.2) is 27.8 Å². The molecule has 14 heavy (non-hydrogen) atoms. The van der Waals surface area contributed by atoms with E-state index in [2.05, 4.69) is 28.2 Å². The van der Waals surface area contributed by atoms with Crippen molar-refractivity contribution < 1.29 is 4.79 Å². The van der Waals surface area contributed by atoms with Crippen molar-refractivity contribution in [1.29, 1.82) is 0 Å². The molecule has 1 aliphatic rings. The Morgan fingerprint density at radius 3 is 2.71 bits per heavy atom. The van der Waals surface area contributed by atoms with Gasteiger partial charge in [0.1, 0.15) is 0 Å². The maximum absolute atomic E-state index is 11.8. The zero-order valence-corrected chi connectivity index (χ0v) is 11.4. The molecule has 1 rings (SSSR count). The molecule has 1 heterocycles. The first-order valence-electron chi connectivity index (χ1n) is 4.97. The van der Waals surface area contributed by atoms with Crippen molar-refractivity contribution in [3.63, 3.8) is 0 Å². The molecular weight excluding hydrogens is 262 g/mol. The van der Waals surface area contributed by atoms with E-state index < -0.39 is 0 Å². The van der Waals surface area contributed by atoms with Crippen LogP contribution >= 0.6 is 27.7 Å². The third-order valence-corrected chi connectivity index (χ3v) is 5.05. The minimum Gasteiger partial charge on any atom is -0.350 e. The van der Waals surface area contributed by atoms with E-state index in [1.807, 2.05) is 25.6 Å². The lowest BCUT2D eigenvalue weighted by Crippen LogP contribution is -2.50. The molecule has 1 fully saturated rings. The van der Waals surface area contributed by atoms with Crippen LogP contribution in [-0.2, 0) is 4.79 Å². The molecule has 0 bridgehead atoms. The summed E-state index contributed by atoms with van der Waals surface area (Å²) in [6, 6.07) is 0.